The molecule has 41 heavy (non-hydrogen) atoms. The molecule has 0 saturated heterocycles. The Labute approximate surface area is 243 Å². The molecular weight excluding hydrogens is 561 g/mol. The third kappa shape index (κ3) is 15.7. The highest BCUT2D eigenvalue weighted by atomic mass is 32.2. The van der Waals surface area contributed by atoms with Crippen LogP contribution in [0.4, 0.5) is 22.0 Å². The van der Waals surface area contributed by atoms with Crippen LogP contribution in [0, 0.1) is 29.1 Å². The van der Waals surface area contributed by atoms with Gasteiger partial charge in [0.1, 0.15) is 21.6 Å². The molecule has 2 rings (SSSR count). The Morgan fingerprint density at radius 3 is 1.20 bits per heavy atom. The molecule has 234 valence electrons. The van der Waals surface area contributed by atoms with Gasteiger partial charge in [-0.05, 0) is 6.42 Å². The molecule has 0 saturated carbocycles. The van der Waals surface area contributed by atoms with E-state index < -0.39 is 44.1 Å². The summed E-state index contributed by atoms with van der Waals surface area (Å²) in [6, 6.07) is 6.33. The smallest absolute Gasteiger partial charge is 0.200 e. The highest BCUT2D eigenvalue weighted by molar-refractivity contribution is 7.85. The highest BCUT2D eigenvalue weighted by Crippen LogP contribution is 2.26. The molecule has 0 N–H and O–H groups in total. The zero-order chi connectivity index (χ0) is 30.5. The first-order chi connectivity index (χ1) is 19.6. The van der Waals surface area contributed by atoms with Crippen LogP contribution in [0.2, 0.25) is 0 Å². The lowest BCUT2D eigenvalue weighted by Gasteiger charge is -2.10. The number of benzene rings is 1. The van der Waals surface area contributed by atoms with Crippen LogP contribution in [-0.2, 0) is 16.7 Å². The molecule has 2 aromatic rings. The van der Waals surface area contributed by atoms with Crippen molar-refractivity contribution in [3.8, 4) is 0 Å². The fourth-order valence-electron chi connectivity index (χ4n) is 4.58. The molecular formula is C31H46F5NO3S. The van der Waals surface area contributed by atoms with Gasteiger partial charge in [0.25, 0.3) is 0 Å². The maximum atomic E-state index is 12.6. The average Bonchev–Trinajstić information content (AvgIpc) is 2.94. The number of rotatable bonds is 20. The second kappa shape index (κ2) is 21.6. The van der Waals surface area contributed by atoms with Crippen molar-refractivity contribution in [2.75, 3.05) is 0 Å². The fraction of sp³-hybridized carbons (Fsp3) is 0.645. The predicted octanol–water partition coefficient (Wildman–Crippen LogP) is 9.30. The third-order valence-corrected chi connectivity index (χ3v) is 7.83. The van der Waals surface area contributed by atoms with E-state index in [0.29, 0.717) is 0 Å². The first-order valence-corrected chi connectivity index (χ1v) is 16.4. The summed E-state index contributed by atoms with van der Waals surface area (Å²) in [5.74, 6) is -12.8. The molecule has 0 radical (unpaired) electrons. The van der Waals surface area contributed by atoms with E-state index in [1.807, 2.05) is 0 Å². The predicted molar refractivity (Wildman–Crippen MR) is 150 cm³/mol. The van der Waals surface area contributed by atoms with Gasteiger partial charge in [0, 0.05) is 18.6 Å². The van der Waals surface area contributed by atoms with Gasteiger partial charge >= 0.3 is 0 Å². The zero-order valence-corrected chi connectivity index (χ0v) is 25.1. The molecule has 0 atom stereocenters. The second-order valence-electron chi connectivity index (χ2n) is 10.5. The van der Waals surface area contributed by atoms with Gasteiger partial charge in [0.15, 0.2) is 35.7 Å². The van der Waals surface area contributed by atoms with E-state index in [-0.39, 0.29) is 0 Å². The number of aryl methyl sites for hydroxylation is 1. The van der Waals surface area contributed by atoms with Crippen molar-refractivity contribution >= 4 is 10.1 Å². The quantitative estimate of drug-likeness (QED) is 0.0376. The fourth-order valence-corrected chi connectivity index (χ4v) is 5.20. The van der Waals surface area contributed by atoms with Crippen LogP contribution in [0.3, 0.4) is 0 Å². The van der Waals surface area contributed by atoms with Crippen molar-refractivity contribution < 1.29 is 39.5 Å². The van der Waals surface area contributed by atoms with E-state index in [0.717, 1.165) is 0 Å². The Hall–Kier alpha value is -2.07. The second-order valence-corrected chi connectivity index (χ2v) is 11.8. The topological polar surface area (TPSA) is 61.1 Å². The van der Waals surface area contributed by atoms with Crippen LogP contribution in [0.5, 0.6) is 0 Å². The largest absolute Gasteiger partial charge is 0.744 e. The molecule has 0 fully saturated rings. The van der Waals surface area contributed by atoms with Crippen molar-refractivity contribution in [2.24, 2.45) is 0 Å². The number of hydrogen-bond acceptors (Lipinski definition) is 3. The van der Waals surface area contributed by atoms with Crippen LogP contribution in [0.15, 0.2) is 35.5 Å². The maximum Gasteiger partial charge on any atom is 0.200 e. The first-order valence-electron chi connectivity index (χ1n) is 15.0. The van der Waals surface area contributed by atoms with E-state index in [1.54, 1.807) is 0 Å². The number of unbranched alkanes of at least 4 members (excludes halogenated alkanes) is 17. The minimum absolute atomic E-state index is 1.18. The number of nitrogens with zero attached hydrogens (tertiary/aromatic N) is 1. The highest BCUT2D eigenvalue weighted by Gasteiger charge is 2.28. The van der Waals surface area contributed by atoms with Crippen LogP contribution in [0.25, 0.3) is 0 Å². The Morgan fingerprint density at radius 1 is 0.537 bits per heavy atom. The third-order valence-electron chi connectivity index (χ3n) is 6.97. The Bertz CT molecular complexity index is 1060. The number of hydrogen-bond donors (Lipinski definition) is 0. The summed E-state index contributed by atoms with van der Waals surface area (Å²) in [6.07, 6.45) is 30.4. The van der Waals surface area contributed by atoms with Gasteiger partial charge in [0.05, 0.1) is 0 Å². The Morgan fingerprint density at radius 2 is 0.854 bits per heavy atom. The van der Waals surface area contributed by atoms with E-state index in [4.69, 9.17) is 0 Å². The zero-order valence-electron chi connectivity index (χ0n) is 24.3. The molecule has 0 spiro atoms. The van der Waals surface area contributed by atoms with Crippen molar-refractivity contribution in [3.63, 3.8) is 0 Å². The van der Waals surface area contributed by atoms with Crippen molar-refractivity contribution in [1.29, 1.82) is 0 Å². The summed E-state index contributed by atoms with van der Waals surface area (Å²) in [4.78, 5) is -2.38. The van der Waals surface area contributed by atoms with Gasteiger partial charge in [-0.3, -0.25) is 0 Å². The van der Waals surface area contributed by atoms with Gasteiger partial charge in [-0.1, -0.05) is 116 Å². The lowest BCUT2D eigenvalue weighted by atomic mass is 10.0. The van der Waals surface area contributed by atoms with Gasteiger partial charge in [0.2, 0.25) is 5.82 Å². The van der Waals surface area contributed by atoms with Crippen LogP contribution in [0.1, 0.15) is 122 Å². The Kier molecular flexibility index (Phi) is 19.5. The van der Waals surface area contributed by atoms with Crippen LogP contribution in [-0.4, -0.2) is 13.0 Å². The molecule has 0 aliphatic heterocycles. The molecule has 1 aromatic heterocycles. The molecule has 0 aliphatic rings. The summed E-state index contributed by atoms with van der Waals surface area (Å²) in [6.45, 7) is 3.48. The monoisotopic (exact) mass is 607 g/mol. The number of aromatic nitrogens is 1. The average molecular weight is 608 g/mol. The van der Waals surface area contributed by atoms with Gasteiger partial charge < -0.3 is 4.55 Å². The Balaban J connectivity index is 0.000000474. The summed E-state index contributed by atoms with van der Waals surface area (Å²) >= 11 is 0. The molecule has 0 aliphatic carbocycles. The normalized spacial score (nSPS) is 11.4. The summed E-state index contributed by atoms with van der Waals surface area (Å²) in [5, 5.41) is 0. The molecule has 0 amide bonds. The maximum absolute atomic E-state index is 12.6. The van der Waals surface area contributed by atoms with Gasteiger partial charge in [-0.25, -0.2) is 34.9 Å². The van der Waals surface area contributed by atoms with E-state index in [9.17, 15) is 34.9 Å². The van der Waals surface area contributed by atoms with Crippen LogP contribution >= 0.6 is 0 Å². The molecule has 1 aromatic carbocycles. The van der Waals surface area contributed by atoms with Crippen molar-refractivity contribution in [1.82, 2.24) is 0 Å². The molecule has 10 heteroatoms. The standard InChI is InChI=1S/C25H46N.C6HF5O3S/c1-2-3-4-5-6-7-8-9-10-11-12-13-14-15-16-17-18-20-23-26-24-21-19-22-25-26;7-1-2(8)4(10)6(15(12,13)14)5(11)3(1)9/h19,21-22,24-25H,2-18,20,23H2,1H3;(H,12,13,14)/q+1;/p-1. The van der Waals surface area contributed by atoms with Crippen LogP contribution < -0.4 is 4.57 Å². The molecule has 1 heterocycles. The van der Waals surface area contributed by atoms with Gasteiger partial charge in [-0.15, -0.1) is 0 Å². The molecule has 0 bridgehead atoms. The minimum atomic E-state index is -5.77. The van der Waals surface area contributed by atoms with E-state index in [2.05, 4.69) is 42.1 Å². The molecule has 0 unspecified atom stereocenters. The number of halogens is 5. The lowest BCUT2D eigenvalue weighted by Crippen LogP contribution is -2.32. The van der Waals surface area contributed by atoms with Crippen molar-refractivity contribution in [3.05, 3.63) is 59.7 Å². The summed E-state index contributed by atoms with van der Waals surface area (Å²) < 4.78 is 95.2. The van der Waals surface area contributed by atoms with E-state index >= 15 is 0 Å². The first kappa shape index (κ1) is 37.0. The molecule has 4 nitrogen and oxygen atoms in total. The summed E-state index contributed by atoms with van der Waals surface area (Å²) in [5.41, 5.74) is 0. The van der Waals surface area contributed by atoms with E-state index in [1.165, 1.54) is 122 Å². The SMILES string of the molecule is CCCCCCCCCCCCCCCCCCCC[n+]1ccccc1.O=S(=O)([O-])c1c(F)c(F)c(F)c(F)c1F. The summed E-state index contributed by atoms with van der Waals surface area (Å²) in [7, 11) is -5.77. The van der Waals surface area contributed by atoms with Gasteiger partial charge in [-0.2, -0.15) is 0 Å². The lowest BCUT2D eigenvalue weighted by molar-refractivity contribution is -0.697. The minimum Gasteiger partial charge on any atom is -0.744 e. The van der Waals surface area contributed by atoms with Crippen molar-refractivity contribution in [2.45, 2.75) is 134 Å². The number of pyridine rings is 1.